The summed E-state index contributed by atoms with van der Waals surface area (Å²) < 4.78 is 20.6. The highest BCUT2D eigenvalue weighted by molar-refractivity contribution is 6.02. The molecule has 0 saturated heterocycles. The van der Waals surface area contributed by atoms with Gasteiger partial charge in [-0.15, -0.1) is 4.99 Å². The van der Waals surface area contributed by atoms with Gasteiger partial charge in [-0.25, -0.2) is 24.2 Å². The average molecular weight is 1040 g/mol. The number of rotatable bonds is 18. The Morgan fingerprint density at radius 3 is 1.38 bits per heavy atom. The standard InChI is InChI=1S/C40H45N5O7.C17H17N3O4/c1-27-22-33(46)23-28(2)34(27)24-35(37(48)42-29(3)36(47)41-21-13-20-30-14-7-4-8-15-30)43-38(44-39(49)51-25-31-16-9-5-10-17-31)45-40(50)52-26-32-18-11-6-12-19-32;18-15(19-16(21)23-11-13-7-3-1-4-8-13)20-17(22)24-12-14-9-5-2-6-10-14/h4-12,14-19,22-23,29,35,46H,13,20-21,24-26H2,1-3H3,(H,41,47)(H,42,48)(H2,43,44,45,49,50);1-10H,11-12H2,(H3,18,19,20,21,22). The molecule has 0 bridgehead atoms. The number of alkyl carbamates (subject to hydrolysis) is 3. The maximum Gasteiger partial charge on any atom is 0.437 e. The number of ether oxygens (including phenoxy) is 4. The Labute approximate surface area is 440 Å². The van der Waals surface area contributed by atoms with Crippen molar-refractivity contribution in [2.75, 3.05) is 6.54 Å². The molecule has 19 nitrogen and oxygen atoms in total. The van der Waals surface area contributed by atoms with Crippen LogP contribution in [0, 0.1) is 13.8 Å². The Hall–Kier alpha value is -9.52. The molecule has 0 aromatic heterocycles. The number of carbonyl (C=O) groups excluding carboxylic acids is 6. The molecule has 2 unspecified atom stereocenters. The molecule has 0 aliphatic heterocycles. The SMILES string of the molecule is Cc1cc(O)cc(C)c1CC(N=C(NC(=O)OCc1ccccc1)NC(=O)OCc1ccccc1)C(=O)NC(C)C(=O)NCCCc1ccccc1.N/C(=N\C(=O)OCc1ccccc1)NC(=O)OCc1ccccc1. The number of aromatic hydroxyl groups is 1. The van der Waals surface area contributed by atoms with Gasteiger partial charge >= 0.3 is 24.4 Å². The first-order valence-corrected chi connectivity index (χ1v) is 24.2. The summed E-state index contributed by atoms with van der Waals surface area (Å²) in [6, 6.07) is 47.1. The van der Waals surface area contributed by atoms with Crippen LogP contribution in [0.5, 0.6) is 5.75 Å². The third-order valence-corrected chi connectivity index (χ3v) is 10.9. The van der Waals surface area contributed by atoms with Crippen molar-refractivity contribution in [1.82, 2.24) is 26.6 Å². The van der Waals surface area contributed by atoms with E-state index >= 15 is 0 Å². The minimum absolute atomic E-state index is 0.000179. The van der Waals surface area contributed by atoms with E-state index in [1.807, 2.05) is 91.0 Å². The number of nitrogens with zero attached hydrogens (tertiary/aromatic N) is 2. The fraction of sp³-hybridized carbons (Fsp3) is 0.228. The molecule has 76 heavy (non-hydrogen) atoms. The van der Waals surface area contributed by atoms with Crippen molar-refractivity contribution in [3.63, 3.8) is 0 Å². The molecule has 0 saturated carbocycles. The summed E-state index contributed by atoms with van der Waals surface area (Å²) in [5.74, 6) is -1.76. The van der Waals surface area contributed by atoms with Gasteiger partial charge in [-0.3, -0.25) is 25.5 Å². The number of aliphatic imine (C=N–C) groups is 2. The van der Waals surface area contributed by atoms with E-state index in [1.165, 1.54) is 0 Å². The van der Waals surface area contributed by atoms with Gasteiger partial charge in [-0.1, -0.05) is 152 Å². The quantitative estimate of drug-likeness (QED) is 0.0187. The maximum absolute atomic E-state index is 13.9. The Morgan fingerprint density at radius 2 is 0.947 bits per heavy atom. The highest BCUT2D eigenvalue weighted by Gasteiger charge is 2.26. The van der Waals surface area contributed by atoms with E-state index in [9.17, 15) is 33.9 Å². The number of nitrogens with two attached hydrogens (primary N) is 1. The van der Waals surface area contributed by atoms with E-state index in [0.29, 0.717) is 29.7 Å². The summed E-state index contributed by atoms with van der Waals surface area (Å²) >= 11 is 0. The third-order valence-electron chi connectivity index (χ3n) is 10.9. The van der Waals surface area contributed by atoms with E-state index in [4.69, 9.17) is 24.7 Å². The fourth-order valence-electron chi connectivity index (χ4n) is 7.06. The van der Waals surface area contributed by atoms with E-state index < -0.39 is 54.3 Å². The van der Waals surface area contributed by atoms with Gasteiger partial charge in [0, 0.05) is 13.0 Å². The topological polar surface area (TPSA) is 270 Å². The van der Waals surface area contributed by atoms with Crippen LogP contribution in [0.4, 0.5) is 19.2 Å². The molecule has 6 aromatic carbocycles. The average Bonchev–Trinajstić information content (AvgIpc) is 3.42. The molecule has 0 radical (unpaired) electrons. The third kappa shape index (κ3) is 21.7. The number of guanidine groups is 2. The summed E-state index contributed by atoms with van der Waals surface area (Å²) in [5, 5.41) is 22.7. The smallest absolute Gasteiger partial charge is 0.437 e. The number of phenols is 1. The largest absolute Gasteiger partial charge is 0.508 e. The molecule has 396 valence electrons. The van der Waals surface area contributed by atoms with E-state index in [0.717, 1.165) is 34.2 Å². The number of hydrogen-bond acceptors (Lipinski definition) is 12. The summed E-state index contributed by atoms with van der Waals surface area (Å²) in [4.78, 5) is 83.6. The molecule has 0 fully saturated rings. The van der Waals surface area contributed by atoms with Crippen LogP contribution in [-0.2, 0) is 67.8 Å². The van der Waals surface area contributed by atoms with Crippen LogP contribution in [0.1, 0.15) is 57.9 Å². The van der Waals surface area contributed by atoms with Gasteiger partial charge < -0.3 is 40.4 Å². The van der Waals surface area contributed by atoms with Crippen molar-refractivity contribution in [3.05, 3.63) is 208 Å². The molecule has 6 rings (SSSR count). The van der Waals surface area contributed by atoms with Gasteiger partial charge in [0.05, 0.1) is 0 Å². The van der Waals surface area contributed by atoms with E-state index in [1.54, 1.807) is 93.6 Å². The van der Waals surface area contributed by atoms with Crippen LogP contribution in [0.2, 0.25) is 0 Å². The molecule has 2 atom stereocenters. The van der Waals surface area contributed by atoms with Gasteiger partial charge in [0.1, 0.15) is 44.3 Å². The lowest BCUT2D eigenvalue weighted by molar-refractivity contribution is -0.129. The second-order valence-corrected chi connectivity index (χ2v) is 17.0. The van der Waals surface area contributed by atoms with Crippen molar-refractivity contribution in [2.45, 2.75) is 78.5 Å². The summed E-state index contributed by atoms with van der Waals surface area (Å²) in [6.07, 6.45) is -2.09. The highest BCUT2D eigenvalue weighted by atomic mass is 16.6. The summed E-state index contributed by atoms with van der Waals surface area (Å²) in [5.41, 5.74) is 11.8. The predicted molar refractivity (Wildman–Crippen MR) is 285 cm³/mol. The molecule has 6 aromatic rings. The molecule has 8 N–H and O–H groups in total. The molecule has 0 spiro atoms. The van der Waals surface area contributed by atoms with Gasteiger partial charge in [-0.2, -0.15) is 0 Å². The lowest BCUT2D eigenvalue weighted by atomic mass is 9.95. The van der Waals surface area contributed by atoms with Crippen LogP contribution in [0.15, 0.2) is 174 Å². The van der Waals surface area contributed by atoms with Gasteiger partial charge in [0.25, 0.3) is 0 Å². The zero-order chi connectivity index (χ0) is 54.5. The highest BCUT2D eigenvalue weighted by Crippen LogP contribution is 2.23. The van der Waals surface area contributed by atoms with Crippen LogP contribution < -0.4 is 32.3 Å². The first kappa shape index (κ1) is 57.4. The number of carbonyl (C=O) groups is 6. The molecule has 6 amide bonds. The second-order valence-electron chi connectivity index (χ2n) is 17.0. The molecule has 0 aliphatic carbocycles. The van der Waals surface area contributed by atoms with Crippen molar-refractivity contribution >= 4 is 48.1 Å². The van der Waals surface area contributed by atoms with Crippen molar-refractivity contribution in [3.8, 4) is 5.75 Å². The fourth-order valence-corrected chi connectivity index (χ4v) is 7.06. The van der Waals surface area contributed by atoms with Crippen LogP contribution in [0.3, 0.4) is 0 Å². The molecule has 0 aliphatic rings. The molecular formula is C57H62N8O11. The number of aryl methyl sites for hydroxylation is 3. The maximum atomic E-state index is 13.9. The first-order valence-electron chi connectivity index (χ1n) is 24.2. The Morgan fingerprint density at radius 1 is 0.553 bits per heavy atom. The Kier molecular flexibility index (Phi) is 23.5. The molecule has 19 heteroatoms. The van der Waals surface area contributed by atoms with Crippen molar-refractivity contribution < 1.29 is 52.8 Å². The van der Waals surface area contributed by atoms with Crippen LogP contribution >= 0.6 is 0 Å². The molecule has 0 heterocycles. The zero-order valence-electron chi connectivity index (χ0n) is 42.4. The van der Waals surface area contributed by atoms with Crippen molar-refractivity contribution in [2.24, 2.45) is 15.7 Å². The van der Waals surface area contributed by atoms with E-state index in [-0.39, 0.29) is 44.5 Å². The number of hydrogen-bond donors (Lipinski definition) is 7. The Bertz CT molecular complexity index is 2790. The van der Waals surface area contributed by atoms with Crippen LogP contribution in [-0.4, -0.2) is 71.8 Å². The predicted octanol–water partition coefficient (Wildman–Crippen LogP) is 7.95. The number of benzene rings is 6. The summed E-state index contributed by atoms with van der Waals surface area (Å²) in [6.45, 7) is 5.56. The lowest BCUT2D eigenvalue weighted by Crippen LogP contribution is -2.50. The number of phenolic OH excluding ortho intramolecular Hbond substituents is 1. The number of nitrogens with one attached hydrogen (secondary N) is 5. The Balaban J connectivity index is 0.000000370. The lowest BCUT2D eigenvalue weighted by Gasteiger charge is -2.21. The zero-order valence-corrected chi connectivity index (χ0v) is 42.4. The van der Waals surface area contributed by atoms with E-state index in [2.05, 4.69) is 36.6 Å². The minimum Gasteiger partial charge on any atom is -0.508 e. The monoisotopic (exact) mass is 1030 g/mol. The first-order chi connectivity index (χ1) is 36.7. The minimum atomic E-state index is -1.26. The normalized spacial score (nSPS) is 11.4. The summed E-state index contributed by atoms with van der Waals surface area (Å²) in [7, 11) is 0. The van der Waals surface area contributed by atoms with Crippen LogP contribution in [0.25, 0.3) is 0 Å². The number of amides is 6. The van der Waals surface area contributed by atoms with Gasteiger partial charge in [0.2, 0.25) is 23.7 Å². The van der Waals surface area contributed by atoms with Gasteiger partial charge in [0.15, 0.2) is 0 Å². The molecular weight excluding hydrogens is 973 g/mol. The second kappa shape index (κ2) is 31.2. The van der Waals surface area contributed by atoms with Crippen molar-refractivity contribution in [1.29, 1.82) is 0 Å². The van der Waals surface area contributed by atoms with Gasteiger partial charge in [-0.05, 0) is 90.3 Å².